The Kier molecular flexibility index (Phi) is 3.96. The summed E-state index contributed by atoms with van der Waals surface area (Å²) in [6.07, 6.45) is 4.83. The maximum Gasteiger partial charge on any atom is 0.277 e. The molecule has 1 heterocycles. The van der Waals surface area contributed by atoms with Gasteiger partial charge < -0.3 is 5.11 Å². The van der Waals surface area contributed by atoms with Crippen LogP contribution in [0.25, 0.3) is 10.9 Å². The van der Waals surface area contributed by atoms with E-state index < -0.39 is 11.9 Å². The van der Waals surface area contributed by atoms with Crippen LogP contribution in [0.2, 0.25) is 0 Å². The van der Waals surface area contributed by atoms with Crippen molar-refractivity contribution in [1.82, 2.24) is 15.0 Å². The fraction of sp³-hybridized carbons (Fsp3) is 0.533. The summed E-state index contributed by atoms with van der Waals surface area (Å²) in [4.78, 5) is 12.2. The van der Waals surface area contributed by atoms with E-state index in [2.05, 4.69) is 10.3 Å². The van der Waals surface area contributed by atoms with E-state index in [-0.39, 0.29) is 17.6 Å². The standard InChI is InChI=1S/C15H18FN3O2/c16-11-5-6-13-14(8-11)17-18-19(15(13)21)9-12(20)7-10-3-1-2-4-10/h5-6,8,10,12,20H,1-4,7,9H2. The summed E-state index contributed by atoms with van der Waals surface area (Å²) in [6.45, 7) is 0.135. The highest BCUT2D eigenvalue weighted by atomic mass is 19.1. The molecule has 112 valence electrons. The van der Waals surface area contributed by atoms with Gasteiger partial charge in [0.2, 0.25) is 0 Å². The van der Waals surface area contributed by atoms with Crippen molar-refractivity contribution in [2.45, 2.75) is 44.8 Å². The minimum atomic E-state index is -0.599. The summed E-state index contributed by atoms with van der Waals surface area (Å²) in [7, 11) is 0. The summed E-state index contributed by atoms with van der Waals surface area (Å²) < 4.78 is 14.3. The second-order valence-electron chi connectivity index (χ2n) is 5.78. The third-order valence-corrected chi connectivity index (χ3v) is 4.15. The summed E-state index contributed by atoms with van der Waals surface area (Å²) in [6, 6.07) is 3.81. The Morgan fingerprint density at radius 1 is 1.38 bits per heavy atom. The highest BCUT2D eigenvalue weighted by molar-refractivity contribution is 5.76. The van der Waals surface area contributed by atoms with Crippen molar-refractivity contribution in [1.29, 1.82) is 0 Å². The molecule has 1 atom stereocenters. The number of rotatable bonds is 4. The smallest absolute Gasteiger partial charge is 0.277 e. The molecule has 0 amide bonds. The van der Waals surface area contributed by atoms with Crippen LogP contribution >= 0.6 is 0 Å². The van der Waals surface area contributed by atoms with Crippen LogP contribution < -0.4 is 5.56 Å². The fourth-order valence-electron chi connectivity index (χ4n) is 3.07. The van der Waals surface area contributed by atoms with Crippen LogP contribution in [0.1, 0.15) is 32.1 Å². The van der Waals surface area contributed by atoms with Gasteiger partial charge in [-0.1, -0.05) is 30.9 Å². The Bertz CT molecular complexity index is 695. The zero-order valence-electron chi connectivity index (χ0n) is 11.7. The minimum Gasteiger partial charge on any atom is -0.391 e. The van der Waals surface area contributed by atoms with Crippen LogP contribution in [0.5, 0.6) is 0 Å². The molecule has 2 aromatic rings. The second-order valence-corrected chi connectivity index (χ2v) is 5.78. The predicted octanol–water partition coefficient (Wildman–Crippen LogP) is 1.87. The van der Waals surface area contributed by atoms with E-state index in [0.717, 1.165) is 12.8 Å². The van der Waals surface area contributed by atoms with Gasteiger partial charge in [0.15, 0.2) is 0 Å². The number of halogens is 1. The molecule has 1 N–H and O–H groups in total. The number of benzene rings is 1. The average Bonchev–Trinajstić information content (AvgIpc) is 2.94. The van der Waals surface area contributed by atoms with Gasteiger partial charge in [0.1, 0.15) is 11.3 Å². The van der Waals surface area contributed by atoms with Crippen molar-refractivity contribution >= 4 is 10.9 Å². The number of aromatic nitrogens is 3. The third kappa shape index (κ3) is 3.10. The molecule has 5 nitrogen and oxygen atoms in total. The van der Waals surface area contributed by atoms with Crippen LogP contribution in [0.3, 0.4) is 0 Å². The molecule has 0 saturated heterocycles. The SMILES string of the molecule is O=c1c2ccc(F)cc2nnn1CC(O)CC1CCCC1. The molecule has 1 aliphatic rings. The monoisotopic (exact) mass is 291 g/mol. The van der Waals surface area contributed by atoms with Crippen LogP contribution in [-0.4, -0.2) is 26.2 Å². The molecule has 6 heteroatoms. The number of hydrogen-bond donors (Lipinski definition) is 1. The summed E-state index contributed by atoms with van der Waals surface area (Å²) >= 11 is 0. The molecule has 0 aliphatic heterocycles. The van der Waals surface area contributed by atoms with Gasteiger partial charge in [-0.25, -0.2) is 9.07 Å². The first-order chi connectivity index (χ1) is 10.1. The predicted molar refractivity (Wildman–Crippen MR) is 76.3 cm³/mol. The normalized spacial score (nSPS) is 17.4. The Morgan fingerprint density at radius 3 is 2.90 bits per heavy atom. The number of aliphatic hydroxyl groups excluding tert-OH is 1. The van der Waals surface area contributed by atoms with E-state index in [1.807, 2.05) is 0 Å². The third-order valence-electron chi connectivity index (χ3n) is 4.15. The molecule has 0 spiro atoms. The summed E-state index contributed by atoms with van der Waals surface area (Å²) in [5.41, 5.74) is -0.105. The van der Waals surface area contributed by atoms with Crippen molar-refractivity contribution in [3.05, 3.63) is 34.4 Å². The first-order valence-corrected chi connectivity index (χ1v) is 7.34. The highest BCUT2D eigenvalue weighted by Crippen LogP contribution is 2.28. The first-order valence-electron chi connectivity index (χ1n) is 7.34. The molecular formula is C15H18FN3O2. The lowest BCUT2D eigenvalue weighted by Crippen LogP contribution is -2.30. The molecule has 1 aromatic heterocycles. The molecular weight excluding hydrogens is 273 g/mol. The zero-order chi connectivity index (χ0) is 14.8. The van der Waals surface area contributed by atoms with Gasteiger partial charge in [0, 0.05) is 6.07 Å². The largest absolute Gasteiger partial charge is 0.391 e. The van der Waals surface area contributed by atoms with Crippen molar-refractivity contribution in [3.63, 3.8) is 0 Å². The quantitative estimate of drug-likeness (QED) is 0.933. The lowest BCUT2D eigenvalue weighted by Gasteiger charge is -2.15. The van der Waals surface area contributed by atoms with Crippen molar-refractivity contribution < 1.29 is 9.50 Å². The topological polar surface area (TPSA) is 68.0 Å². The van der Waals surface area contributed by atoms with E-state index in [9.17, 15) is 14.3 Å². The average molecular weight is 291 g/mol. The number of fused-ring (bicyclic) bond motifs is 1. The number of hydrogen-bond acceptors (Lipinski definition) is 4. The maximum atomic E-state index is 13.1. The zero-order valence-corrected chi connectivity index (χ0v) is 11.7. The van der Waals surface area contributed by atoms with E-state index in [1.165, 1.54) is 35.7 Å². The molecule has 0 bridgehead atoms. The van der Waals surface area contributed by atoms with Crippen molar-refractivity contribution in [2.24, 2.45) is 5.92 Å². The molecule has 1 unspecified atom stereocenters. The van der Waals surface area contributed by atoms with Crippen LogP contribution in [0.15, 0.2) is 23.0 Å². The van der Waals surface area contributed by atoms with Gasteiger partial charge in [-0.3, -0.25) is 4.79 Å². The molecule has 1 aliphatic carbocycles. The van der Waals surface area contributed by atoms with E-state index >= 15 is 0 Å². The molecule has 1 fully saturated rings. The lowest BCUT2D eigenvalue weighted by molar-refractivity contribution is 0.118. The van der Waals surface area contributed by atoms with E-state index in [4.69, 9.17) is 0 Å². The number of nitrogens with zero attached hydrogens (tertiary/aromatic N) is 3. The van der Waals surface area contributed by atoms with Crippen LogP contribution in [-0.2, 0) is 6.54 Å². The Labute approximate surface area is 121 Å². The van der Waals surface area contributed by atoms with Crippen molar-refractivity contribution in [3.8, 4) is 0 Å². The van der Waals surface area contributed by atoms with E-state index in [1.54, 1.807) is 0 Å². The minimum absolute atomic E-state index is 0.135. The molecule has 21 heavy (non-hydrogen) atoms. The first kappa shape index (κ1) is 14.1. The van der Waals surface area contributed by atoms with Gasteiger partial charge in [0.25, 0.3) is 5.56 Å². The number of aliphatic hydroxyl groups is 1. The molecule has 3 rings (SSSR count). The van der Waals surface area contributed by atoms with E-state index in [0.29, 0.717) is 17.7 Å². The van der Waals surface area contributed by atoms with Crippen molar-refractivity contribution in [2.75, 3.05) is 0 Å². The maximum absolute atomic E-state index is 13.1. The second kappa shape index (κ2) is 5.89. The summed E-state index contributed by atoms with van der Waals surface area (Å²) in [5.74, 6) is 0.0911. The molecule has 1 saturated carbocycles. The highest BCUT2D eigenvalue weighted by Gasteiger charge is 2.20. The van der Waals surface area contributed by atoms with Gasteiger partial charge in [0.05, 0.1) is 18.0 Å². The van der Waals surface area contributed by atoms with Gasteiger partial charge in [-0.2, -0.15) is 0 Å². The van der Waals surface area contributed by atoms with Gasteiger partial charge in [-0.05, 0) is 24.5 Å². The Morgan fingerprint density at radius 2 is 2.14 bits per heavy atom. The molecule has 0 radical (unpaired) electrons. The fourth-order valence-corrected chi connectivity index (χ4v) is 3.07. The van der Waals surface area contributed by atoms with Crippen LogP contribution in [0, 0.1) is 11.7 Å². The van der Waals surface area contributed by atoms with Gasteiger partial charge in [-0.15, -0.1) is 5.10 Å². The lowest BCUT2D eigenvalue weighted by atomic mass is 10.0. The Hall–Kier alpha value is -1.82. The Balaban J connectivity index is 1.78. The summed E-state index contributed by atoms with van der Waals surface area (Å²) in [5, 5.41) is 18.1. The molecule has 1 aromatic carbocycles. The van der Waals surface area contributed by atoms with Gasteiger partial charge >= 0.3 is 0 Å². The van der Waals surface area contributed by atoms with Crippen LogP contribution in [0.4, 0.5) is 4.39 Å².